The van der Waals surface area contributed by atoms with E-state index in [1.165, 1.54) is 0 Å². The summed E-state index contributed by atoms with van der Waals surface area (Å²) >= 11 is 0. The molecule has 0 spiro atoms. The first-order valence-corrected chi connectivity index (χ1v) is 11.8. The molecule has 26 heteroatoms. The van der Waals surface area contributed by atoms with Crippen molar-refractivity contribution in [1.82, 2.24) is 5.32 Å². The lowest BCUT2D eigenvalue weighted by Crippen LogP contribution is -2.76. The van der Waals surface area contributed by atoms with Gasteiger partial charge in [0.25, 0.3) is 0 Å². The van der Waals surface area contributed by atoms with E-state index in [2.05, 4.69) is 6.58 Å². The highest BCUT2D eigenvalue weighted by Crippen LogP contribution is 2.65. The molecular formula is C17H12F20NO4S-. The summed E-state index contributed by atoms with van der Waals surface area (Å²) in [7, 11) is -5.61. The molecule has 0 aromatic carbocycles. The molecule has 0 aliphatic rings. The molecule has 5 nitrogen and oxygen atoms in total. The SMILES string of the molecule is C=C(CCNCS(=O)(=O)CC(F)C(F)(F)C(F)(F)C(F)(F)C(F)(F)C(F)(F)C(F)(F)C(F)(F)C(F)(F)C(F)(F)F)C(=O)[O-]. The molecule has 256 valence electrons. The lowest BCUT2D eigenvalue weighted by molar-refractivity contribution is -0.469. The topological polar surface area (TPSA) is 86.3 Å². The van der Waals surface area contributed by atoms with Gasteiger partial charge in [0, 0.05) is 6.54 Å². The molecule has 0 aromatic heterocycles. The maximum atomic E-state index is 13.8. The van der Waals surface area contributed by atoms with E-state index in [0.717, 1.165) is 0 Å². The van der Waals surface area contributed by atoms with Gasteiger partial charge in [-0.1, -0.05) is 6.58 Å². The Morgan fingerprint density at radius 3 is 1.30 bits per heavy atom. The van der Waals surface area contributed by atoms with Crippen LogP contribution in [0.3, 0.4) is 0 Å². The Balaban J connectivity index is 6.47. The minimum atomic E-state index is -9.20. The highest BCUT2D eigenvalue weighted by atomic mass is 32.2. The molecule has 1 N–H and O–H groups in total. The average molecular weight is 706 g/mol. The molecule has 0 saturated heterocycles. The Morgan fingerprint density at radius 2 is 0.977 bits per heavy atom. The van der Waals surface area contributed by atoms with E-state index in [9.17, 15) is 106 Å². The van der Waals surface area contributed by atoms with Gasteiger partial charge in [-0.2, -0.15) is 83.4 Å². The fourth-order valence-electron chi connectivity index (χ4n) is 2.53. The van der Waals surface area contributed by atoms with Gasteiger partial charge in [-0.3, -0.25) is 0 Å². The molecule has 0 amide bonds. The smallest absolute Gasteiger partial charge is 0.460 e. The van der Waals surface area contributed by atoms with Crippen LogP contribution >= 0.6 is 0 Å². The maximum Gasteiger partial charge on any atom is 0.460 e. The predicted octanol–water partition coefficient (Wildman–Crippen LogP) is 4.63. The highest BCUT2D eigenvalue weighted by molar-refractivity contribution is 7.91. The summed E-state index contributed by atoms with van der Waals surface area (Å²) in [4.78, 5) is 10.4. The first kappa shape index (κ1) is 40.7. The molecule has 0 heterocycles. The fraction of sp³-hybridized carbons (Fsp3) is 0.824. The van der Waals surface area contributed by atoms with Gasteiger partial charge in [-0.25, -0.2) is 12.8 Å². The molecule has 0 aliphatic heterocycles. The summed E-state index contributed by atoms with van der Waals surface area (Å²) in [5.74, 6) is -76.8. The number of hydrogen-bond donors (Lipinski definition) is 1. The number of carboxylic acids is 1. The van der Waals surface area contributed by atoms with Crippen molar-refractivity contribution in [2.24, 2.45) is 0 Å². The van der Waals surface area contributed by atoms with Gasteiger partial charge in [0.05, 0.1) is 17.6 Å². The number of carboxylic acid groups (broad SMARTS) is 1. The summed E-state index contributed by atoms with van der Waals surface area (Å²) in [5.41, 5.74) is -0.745. The Morgan fingerprint density at radius 1 is 0.651 bits per heavy atom. The number of carbonyl (C=O) groups is 1. The third kappa shape index (κ3) is 6.57. The zero-order valence-electron chi connectivity index (χ0n) is 19.7. The van der Waals surface area contributed by atoms with Crippen LogP contribution in [-0.4, -0.2) is 92.3 Å². The molecular weight excluding hydrogens is 694 g/mol. The van der Waals surface area contributed by atoms with Crippen LogP contribution < -0.4 is 10.4 Å². The Hall–Kier alpha value is -2.28. The molecule has 0 radical (unpaired) electrons. The lowest BCUT2D eigenvalue weighted by atomic mass is 9.87. The van der Waals surface area contributed by atoms with Gasteiger partial charge in [0.2, 0.25) is 0 Å². The normalized spacial score (nSPS) is 16.3. The van der Waals surface area contributed by atoms with Crippen molar-refractivity contribution in [3.05, 3.63) is 12.2 Å². The molecule has 0 aliphatic carbocycles. The van der Waals surface area contributed by atoms with Crippen LogP contribution in [0.4, 0.5) is 87.8 Å². The number of hydrogen-bond acceptors (Lipinski definition) is 5. The van der Waals surface area contributed by atoms with Crippen LogP contribution in [0.5, 0.6) is 0 Å². The molecule has 0 fully saturated rings. The predicted molar refractivity (Wildman–Crippen MR) is 95.9 cm³/mol. The van der Waals surface area contributed by atoms with Gasteiger partial charge >= 0.3 is 53.6 Å². The van der Waals surface area contributed by atoms with Gasteiger partial charge in [-0.15, -0.1) is 0 Å². The van der Waals surface area contributed by atoms with E-state index >= 15 is 0 Å². The minimum absolute atomic E-state index is 0.695. The van der Waals surface area contributed by atoms with Crippen molar-refractivity contribution >= 4 is 15.8 Å². The zero-order chi connectivity index (χ0) is 35.3. The van der Waals surface area contributed by atoms with E-state index in [-0.39, 0.29) is 0 Å². The quantitative estimate of drug-likeness (QED) is 0.144. The highest BCUT2D eigenvalue weighted by Gasteiger charge is 2.97. The summed E-state index contributed by atoms with van der Waals surface area (Å²) in [6.45, 7) is 2.06. The van der Waals surface area contributed by atoms with Crippen LogP contribution in [0.2, 0.25) is 0 Å². The number of nitrogens with one attached hydrogen (secondary N) is 1. The second kappa shape index (κ2) is 11.6. The molecule has 0 rings (SSSR count). The van der Waals surface area contributed by atoms with E-state index in [1.54, 1.807) is 5.32 Å². The number of halogens is 20. The Bertz CT molecular complexity index is 1150. The summed E-state index contributed by atoms with van der Waals surface area (Å²) < 4.78 is 289. The van der Waals surface area contributed by atoms with Crippen molar-refractivity contribution in [1.29, 1.82) is 0 Å². The summed E-state index contributed by atoms with van der Waals surface area (Å²) in [6, 6.07) is 0. The van der Waals surface area contributed by atoms with Crippen molar-refractivity contribution in [3.8, 4) is 0 Å². The zero-order valence-corrected chi connectivity index (χ0v) is 20.5. The van der Waals surface area contributed by atoms with E-state index in [0.29, 0.717) is 0 Å². The van der Waals surface area contributed by atoms with Crippen LogP contribution in [0.25, 0.3) is 0 Å². The van der Waals surface area contributed by atoms with E-state index < -0.39 is 106 Å². The molecule has 0 aromatic rings. The molecule has 43 heavy (non-hydrogen) atoms. The van der Waals surface area contributed by atoms with Crippen LogP contribution in [0.1, 0.15) is 6.42 Å². The minimum Gasteiger partial charge on any atom is -0.545 e. The summed E-state index contributed by atoms with van der Waals surface area (Å²) in [6.07, 6.45) is -14.1. The number of sulfone groups is 1. The summed E-state index contributed by atoms with van der Waals surface area (Å²) in [5, 5.41) is 12.0. The van der Waals surface area contributed by atoms with E-state index in [4.69, 9.17) is 0 Å². The Labute approximate surface area is 224 Å². The van der Waals surface area contributed by atoms with Gasteiger partial charge in [0.1, 0.15) is 0 Å². The fourth-order valence-corrected chi connectivity index (χ4v) is 3.75. The van der Waals surface area contributed by atoms with Crippen molar-refractivity contribution in [3.63, 3.8) is 0 Å². The number of rotatable bonds is 16. The van der Waals surface area contributed by atoms with Crippen molar-refractivity contribution in [2.75, 3.05) is 18.2 Å². The monoisotopic (exact) mass is 706 g/mol. The first-order chi connectivity index (χ1) is 18.5. The van der Waals surface area contributed by atoms with Gasteiger partial charge < -0.3 is 15.2 Å². The average Bonchev–Trinajstić information content (AvgIpc) is 2.79. The molecule has 0 saturated carbocycles. The van der Waals surface area contributed by atoms with Crippen LogP contribution in [0.15, 0.2) is 12.2 Å². The standard InChI is InChI=1S/C17H13F20NO4S/c1-6(8(39)40)2-3-38-5-43(41,42)4-7(18)9(19,20)10(21,22)11(23,24)12(25,26)13(27,28)14(29,30)15(31,32)16(33,34)17(35,36)37/h7,38H,1-5H2,(H,39,40)/p-1. The Kier molecular flexibility index (Phi) is 11.0. The van der Waals surface area contributed by atoms with Gasteiger partial charge in [-0.05, 0) is 12.0 Å². The third-order valence-corrected chi connectivity index (χ3v) is 6.59. The van der Waals surface area contributed by atoms with Crippen molar-refractivity contribution < 1.29 is 106 Å². The largest absolute Gasteiger partial charge is 0.545 e. The second-order valence-corrected chi connectivity index (χ2v) is 10.4. The molecule has 1 unspecified atom stereocenters. The number of alkyl halides is 20. The van der Waals surface area contributed by atoms with Crippen LogP contribution in [-0.2, 0) is 14.6 Å². The molecule has 0 bridgehead atoms. The molecule has 1 atom stereocenters. The lowest BCUT2D eigenvalue weighted by Gasteiger charge is -2.44. The van der Waals surface area contributed by atoms with Crippen LogP contribution in [0, 0.1) is 0 Å². The maximum absolute atomic E-state index is 13.8. The van der Waals surface area contributed by atoms with E-state index in [1.807, 2.05) is 0 Å². The van der Waals surface area contributed by atoms with Gasteiger partial charge in [0.15, 0.2) is 16.0 Å². The van der Waals surface area contributed by atoms with Crippen molar-refractivity contribution in [2.45, 2.75) is 66.1 Å². The third-order valence-electron chi connectivity index (χ3n) is 5.15. The number of aliphatic carboxylic acids is 1. The first-order valence-electron chi connectivity index (χ1n) is 9.99. The number of carbonyl (C=O) groups excluding carboxylic acids is 1. The second-order valence-electron chi connectivity index (χ2n) is 8.30.